The van der Waals surface area contributed by atoms with E-state index in [-0.39, 0.29) is 0 Å². The Morgan fingerprint density at radius 3 is 2.53 bits per heavy atom. The Kier molecular flexibility index (Phi) is 3.02. The summed E-state index contributed by atoms with van der Waals surface area (Å²) in [6, 6.07) is 19.1. The fourth-order valence-corrected chi connectivity index (χ4v) is 2.06. The van der Waals surface area contributed by atoms with Gasteiger partial charge < -0.3 is 9.94 Å². The third-order valence-corrected chi connectivity index (χ3v) is 2.99. The van der Waals surface area contributed by atoms with E-state index >= 15 is 0 Å². The van der Waals surface area contributed by atoms with Gasteiger partial charge in [0.15, 0.2) is 11.9 Å². The molecule has 1 heterocycles. The molecule has 3 nitrogen and oxygen atoms in total. The predicted octanol–water partition coefficient (Wildman–Crippen LogP) is 3.05. The zero-order valence-electron chi connectivity index (χ0n) is 10.3. The molecule has 3 rings (SSSR count). The van der Waals surface area contributed by atoms with Crippen molar-refractivity contribution in [2.75, 3.05) is 0 Å². The number of rotatable bonds is 3. The Labute approximate surface area is 111 Å². The van der Waals surface area contributed by atoms with E-state index in [0.29, 0.717) is 17.9 Å². The van der Waals surface area contributed by atoms with Gasteiger partial charge in [-0.15, -0.1) is 0 Å². The first-order valence-corrected chi connectivity index (χ1v) is 6.12. The maximum atomic E-state index is 11.8. The molecule has 0 bridgehead atoms. The highest BCUT2D eigenvalue weighted by Gasteiger charge is 2.10. The van der Waals surface area contributed by atoms with Crippen LogP contribution in [0.2, 0.25) is 0 Å². The molecule has 0 aliphatic heterocycles. The molecular weight excluding hydrogens is 238 g/mol. The van der Waals surface area contributed by atoms with E-state index in [1.165, 1.54) is 6.20 Å². The average molecular weight is 251 g/mol. The molecule has 94 valence electrons. The second-order valence-electron chi connectivity index (χ2n) is 4.30. The molecule has 3 heteroatoms. The molecule has 0 unspecified atom stereocenters. The highest BCUT2D eigenvalue weighted by atomic mass is 16.5. The highest BCUT2D eigenvalue weighted by Crippen LogP contribution is 2.22. The van der Waals surface area contributed by atoms with Crippen molar-refractivity contribution in [3.63, 3.8) is 0 Å². The van der Waals surface area contributed by atoms with Crippen molar-refractivity contribution in [2.24, 2.45) is 0 Å². The molecule has 0 saturated carbocycles. The minimum absolute atomic E-state index is 0.453. The van der Waals surface area contributed by atoms with Crippen molar-refractivity contribution in [3.05, 3.63) is 77.6 Å². The molecule has 0 saturated heterocycles. The summed E-state index contributed by atoms with van der Waals surface area (Å²) >= 11 is 0. The number of hydrogen-bond acceptors (Lipinski definition) is 2. The maximum Gasteiger partial charge on any atom is 0.266 e. The van der Waals surface area contributed by atoms with Crippen LogP contribution in [-0.2, 0) is 6.61 Å². The first-order chi connectivity index (χ1) is 9.34. The lowest BCUT2D eigenvalue weighted by atomic mass is 10.2. The Balaban J connectivity index is 1.93. The second-order valence-corrected chi connectivity index (χ2v) is 4.30. The van der Waals surface area contributed by atoms with Gasteiger partial charge in [0.1, 0.15) is 6.61 Å². The molecular formula is C16H13NO2. The van der Waals surface area contributed by atoms with Crippen molar-refractivity contribution in [1.82, 2.24) is 0 Å². The molecule has 0 N–H and O–H groups in total. The van der Waals surface area contributed by atoms with E-state index in [9.17, 15) is 5.21 Å². The van der Waals surface area contributed by atoms with E-state index < -0.39 is 0 Å². The fourth-order valence-electron chi connectivity index (χ4n) is 2.06. The highest BCUT2D eigenvalue weighted by molar-refractivity contribution is 5.81. The molecule has 3 aromatic rings. The van der Waals surface area contributed by atoms with Gasteiger partial charge in [0.05, 0.1) is 5.39 Å². The monoisotopic (exact) mass is 251 g/mol. The van der Waals surface area contributed by atoms with Crippen molar-refractivity contribution in [1.29, 1.82) is 0 Å². The lowest BCUT2D eigenvalue weighted by Gasteiger charge is -2.08. The van der Waals surface area contributed by atoms with Crippen LogP contribution in [0.25, 0.3) is 10.9 Å². The van der Waals surface area contributed by atoms with Crippen molar-refractivity contribution in [3.8, 4) is 5.75 Å². The Morgan fingerprint density at radius 1 is 0.895 bits per heavy atom. The number of fused-ring (bicyclic) bond motifs is 1. The largest absolute Gasteiger partial charge is 0.618 e. The normalized spacial score (nSPS) is 10.5. The van der Waals surface area contributed by atoms with Gasteiger partial charge in [0, 0.05) is 6.07 Å². The van der Waals surface area contributed by atoms with Crippen molar-refractivity contribution in [2.45, 2.75) is 6.61 Å². The summed E-state index contributed by atoms with van der Waals surface area (Å²) in [5, 5.41) is 12.7. The van der Waals surface area contributed by atoms with Crippen LogP contribution in [-0.4, -0.2) is 0 Å². The van der Waals surface area contributed by atoms with E-state index in [4.69, 9.17) is 4.74 Å². The predicted molar refractivity (Wildman–Crippen MR) is 73.7 cm³/mol. The molecule has 1 aromatic heterocycles. The zero-order chi connectivity index (χ0) is 13.1. The zero-order valence-corrected chi connectivity index (χ0v) is 10.3. The molecule has 2 aromatic carbocycles. The molecule has 0 radical (unpaired) electrons. The molecule has 0 amide bonds. The van der Waals surface area contributed by atoms with Crippen LogP contribution < -0.4 is 9.47 Å². The van der Waals surface area contributed by atoms with Crippen LogP contribution in [0, 0.1) is 5.21 Å². The summed E-state index contributed by atoms with van der Waals surface area (Å²) in [5.74, 6) is 0.608. The van der Waals surface area contributed by atoms with Gasteiger partial charge in [0.25, 0.3) is 5.52 Å². The van der Waals surface area contributed by atoms with Crippen LogP contribution in [0.1, 0.15) is 5.56 Å². The molecule has 0 aliphatic rings. The van der Waals surface area contributed by atoms with Crippen LogP contribution in [0.15, 0.2) is 66.9 Å². The number of aromatic nitrogens is 1. The number of hydrogen-bond donors (Lipinski definition) is 0. The van der Waals surface area contributed by atoms with Gasteiger partial charge in [-0.05, 0) is 23.8 Å². The van der Waals surface area contributed by atoms with Gasteiger partial charge >= 0.3 is 0 Å². The topological polar surface area (TPSA) is 36.2 Å². The van der Waals surface area contributed by atoms with Gasteiger partial charge in [-0.1, -0.05) is 36.4 Å². The molecule has 19 heavy (non-hydrogen) atoms. The van der Waals surface area contributed by atoms with Crippen LogP contribution in [0.3, 0.4) is 0 Å². The quantitative estimate of drug-likeness (QED) is 0.530. The average Bonchev–Trinajstić information content (AvgIpc) is 2.46. The summed E-state index contributed by atoms with van der Waals surface area (Å²) in [6.45, 7) is 0.453. The van der Waals surface area contributed by atoms with E-state index in [2.05, 4.69) is 0 Å². The summed E-state index contributed by atoms with van der Waals surface area (Å²) in [4.78, 5) is 0. The van der Waals surface area contributed by atoms with Gasteiger partial charge in [-0.2, -0.15) is 4.73 Å². The molecule has 0 aliphatic carbocycles. The number of pyridine rings is 1. The van der Waals surface area contributed by atoms with Gasteiger partial charge in [-0.3, -0.25) is 0 Å². The number of para-hydroxylation sites is 1. The first kappa shape index (κ1) is 11.5. The second kappa shape index (κ2) is 4.98. The molecule has 0 atom stereocenters. The third kappa shape index (κ3) is 2.36. The third-order valence-electron chi connectivity index (χ3n) is 2.99. The summed E-state index contributed by atoms with van der Waals surface area (Å²) in [6.07, 6.45) is 1.48. The van der Waals surface area contributed by atoms with Crippen LogP contribution >= 0.6 is 0 Å². The Bertz CT molecular complexity index is 690. The number of benzene rings is 2. The standard InChI is InChI=1S/C16H13NO2/c18-17-11-5-9-14-8-4-10-15(16(14)17)19-12-13-6-2-1-3-7-13/h1-11H,12H2. The number of nitrogens with zero attached hydrogens (tertiary/aromatic N) is 1. The van der Waals surface area contributed by atoms with Crippen LogP contribution in [0.5, 0.6) is 5.75 Å². The number of ether oxygens (including phenoxy) is 1. The van der Waals surface area contributed by atoms with E-state index in [1.54, 1.807) is 6.07 Å². The minimum atomic E-state index is 0.453. The maximum absolute atomic E-state index is 11.8. The van der Waals surface area contributed by atoms with Crippen molar-refractivity contribution < 1.29 is 9.47 Å². The minimum Gasteiger partial charge on any atom is -0.618 e. The van der Waals surface area contributed by atoms with Crippen molar-refractivity contribution >= 4 is 10.9 Å². The van der Waals surface area contributed by atoms with Gasteiger partial charge in [-0.25, -0.2) is 0 Å². The Morgan fingerprint density at radius 2 is 1.68 bits per heavy atom. The fraction of sp³-hybridized carbons (Fsp3) is 0.0625. The lowest BCUT2D eigenvalue weighted by molar-refractivity contribution is -0.577. The lowest BCUT2D eigenvalue weighted by Crippen LogP contribution is -2.26. The van der Waals surface area contributed by atoms with Gasteiger partial charge in [0.2, 0.25) is 0 Å². The smallest absolute Gasteiger partial charge is 0.266 e. The van der Waals surface area contributed by atoms with Crippen LogP contribution in [0.4, 0.5) is 0 Å². The summed E-state index contributed by atoms with van der Waals surface area (Å²) in [7, 11) is 0. The van der Waals surface area contributed by atoms with E-state index in [0.717, 1.165) is 15.7 Å². The SMILES string of the molecule is [O-][n+]1cccc2cccc(OCc3ccccc3)c21. The molecule has 0 fully saturated rings. The summed E-state index contributed by atoms with van der Waals surface area (Å²) in [5.41, 5.74) is 1.65. The van der Waals surface area contributed by atoms with E-state index in [1.807, 2.05) is 54.6 Å². The summed E-state index contributed by atoms with van der Waals surface area (Å²) < 4.78 is 6.61. The Hall–Kier alpha value is -2.55. The molecule has 0 spiro atoms. The first-order valence-electron chi connectivity index (χ1n) is 6.12.